The van der Waals surface area contributed by atoms with Crippen LogP contribution < -0.4 is 10.2 Å². The Kier molecular flexibility index (Phi) is 6.25. The number of carbonyl (C=O) groups excluding carboxylic acids is 1. The predicted octanol–water partition coefficient (Wildman–Crippen LogP) is 7.50. The monoisotopic (exact) mass is 510 g/mol. The highest BCUT2D eigenvalue weighted by atomic mass is 79.9. The van der Waals surface area contributed by atoms with Crippen molar-refractivity contribution in [2.75, 3.05) is 10.2 Å². The fraction of sp³-hybridized carbons (Fsp3) is 0.167. The number of fused-ring (bicyclic) bond motifs is 1. The maximum absolute atomic E-state index is 14.5. The van der Waals surface area contributed by atoms with Crippen LogP contribution in [0.4, 0.5) is 11.4 Å². The van der Waals surface area contributed by atoms with Crippen molar-refractivity contribution in [3.05, 3.63) is 130 Å². The van der Waals surface area contributed by atoms with Crippen molar-refractivity contribution in [2.45, 2.75) is 31.3 Å². The van der Waals surface area contributed by atoms with Gasteiger partial charge in [-0.1, -0.05) is 102 Å². The van der Waals surface area contributed by atoms with Crippen LogP contribution in [0.25, 0.3) is 0 Å². The lowest BCUT2D eigenvalue weighted by Crippen LogP contribution is -2.46. The summed E-state index contributed by atoms with van der Waals surface area (Å²) in [5, 5.41) is 3.74. The second-order valence-corrected chi connectivity index (χ2v) is 9.63. The van der Waals surface area contributed by atoms with Gasteiger partial charge in [0.2, 0.25) is 5.91 Å². The van der Waals surface area contributed by atoms with Gasteiger partial charge in [-0.05, 0) is 53.4 Å². The van der Waals surface area contributed by atoms with E-state index >= 15 is 0 Å². The summed E-state index contributed by atoms with van der Waals surface area (Å²) in [6.07, 6.45) is 0.675. The molecule has 2 atom stereocenters. The van der Waals surface area contributed by atoms with E-state index in [0.717, 1.165) is 32.5 Å². The van der Waals surface area contributed by atoms with Gasteiger partial charge >= 0.3 is 0 Å². The molecular formula is C30H27BrN2O. The molecule has 0 fully saturated rings. The second kappa shape index (κ2) is 9.47. The van der Waals surface area contributed by atoms with E-state index in [1.165, 1.54) is 0 Å². The van der Waals surface area contributed by atoms with Crippen molar-refractivity contribution in [1.29, 1.82) is 0 Å². The minimum atomic E-state index is -0.741. The molecule has 1 aliphatic heterocycles. The van der Waals surface area contributed by atoms with Crippen molar-refractivity contribution < 1.29 is 4.79 Å². The van der Waals surface area contributed by atoms with Crippen LogP contribution in [0.2, 0.25) is 0 Å². The minimum Gasteiger partial charge on any atom is -0.377 e. The summed E-state index contributed by atoms with van der Waals surface area (Å²) in [7, 11) is 0. The Balaban J connectivity index is 1.66. The molecule has 1 aliphatic rings. The Hall–Kier alpha value is -3.37. The number of halogens is 1. The molecule has 170 valence electrons. The number of carbonyl (C=O) groups is 1. The van der Waals surface area contributed by atoms with E-state index in [0.29, 0.717) is 13.0 Å². The van der Waals surface area contributed by atoms with E-state index in [2.05, 4.69) is 76.7 Å². The van der Waals surface area contributed by atoms with Crippen molar-refractivity contribution in [2.24, 2.45) is 0 Å². The third-order valence-electron chi connectivity index (χ3n) is 6.82. The minimum absolute atomic E-state index is 0.136. The third-order valence-corrected chi connectivity index (χ3v) is 7.35. The SMILES string of the molecule is CC[C@@]1([C@@H](Nc2ccccc2)c2ccc(Br)cc2)C(=O)N(Cc2ccccc2)c2ccccc21. The first-order valence-electron chi connectivity index (χ1n) is 11.7. The molecule has 0 spiro atoms. The zero-order valence-corrected chi connectivity index (χ0v) is 20.7. The zero-order valence-electron chi connectivity index (χ0n) is 19.1. The molecule has 34 heavy (non-hydrogen) atoms. The Bertz CT molecular complexity index is 1270. The van der Waals surface area contributed by atoms with Gasteiger partial charge in [-0.2, -0.15) is 0 Å². The molecule has 4 aromatic rings. The lowest BCUT2D eigenvalue weighted by Gasteiger charge is -2.37. The van der Waals surface area contributed by atoms with E-state index < -0.39 is 5.41 Å². The summed E-state index contributed by atoms with van der Waals surface area (Å²) < 4.78 is 1.02. The van der Waals surface area contributed by atoms with Crippen LogP contribution in [0.1, 0.15) is 36.1 Å². The third kappa shape index (κ3) is 3.92. The number of hydrogen-bond donors (Lipinski definition) is 1. The fourth-order valence-corrected chi connectivity index (χ4v) is 5.41. The maximum Gasteiger partial charge on any atom is 0.240 e. The molecular weight excluding hydrogens is 484 g/mol. The van der Waals surface area contributed by atoms with Gasteiger partial charge in [-0.3, -0.25) is 4.79 Å². The average molecular weight is 511 g/mol. The molecule has 1 N–H and O–H groups in total. The maximum atomic E-state index is 14.5. The number of benzene rings is 4. The lowest BCUT2D eigenvalue weighted by atomic mass is 9.70. The van der Waals surface area contributed by atoms with Gasteiger partial charge in [-0.25, -0.2) is 0 Å². The molecule has 0 saturated heterocycles. The molecule has 4 aromatic carbocycles. The normalized spacial score (nSPS) is 17.9. The van der Waals surface area contributed by atoms with Gasteiger partial charge in [0.15, 0.2) is 0 Å². The first kappa shape index (κ1) is 22.4. The van der Waals surface area contributed by atoms with E-state index in [1.807, 2.05) is 65.6 Å². The topological polar surface area (TPSA) is 32.3 Å². The molecule has 3 nitrogen and oxygen atoms in total. The molecule has 5 rings (SSSR count). The quantitative estimate of drug-likeness (QED) is 0.279. The van der Waals surface area contributed by atoms with E-state index in [-0.39, 0.29) is 11.9 Å². The number of rotatable bonds is 7. The largest absolute Gasteiger partial charge is 0.377 e. The number of nitrogens with zero attached hydrogens (tertiary/aromatic N) is 1. The summed E-state index contributed by atoms with van der Waals surface area (Å²) in [5.41, 5.74) is 4.53. The van der Waals surface area contributed by atoms with Crippen LogP contribution in [0.5, 0.6) is 0 Å². The van der Waals surface area contributed by atoms with Crippen molar-refractivity contribution >= 4 is 33.2 Å². The molecule has 1 amide bonds. The summed E-state index contributed by atoms with van der Waals surface area (Å²) in [4.78, 5) is 16.4. The first-order valence-corrected chi connectivity index (χ1v) is 12.4. The van der Waals surface area contributed by atoms with Crippen LogP contribution in [0.3, 0.4) is 0 Å². The Morgan fingerprint density at radius 1 is 0.824 bits per heavy atom. The fourth-order valence-electron chi connectivity index (χ4n) is 5.15. The first-order chi connectivity index (χ1) is 16.6. The van der Waals surface area contributed by atoms with Crippen LogP contribution in [0, 0.1) is 0 Å². The summed E-state index contributed by atoms with van der Waals surface area (Å²) >= 11 is 3.56. The number of nitrogens with one attached hydrogen (secondary N) is 1. The van der Waals surface area contributed by atoms with Crippen LogP contribution in [-0.2, 0) is 16.8 Å². The summed E-state index contributed by atoms with van der Waals surface area (Å²) in [5.74, 6) is 0.136. The van der Waals surface area contributed by atoms with E-state index in [9.17, 15) is 4.79 Å². The number of hydrogen-bond acceptors (Lipinski definition) is 2. The Labute approximate surface area is 209 Å². The zero-order chi connectivity index (χ0) is 23.5. The molecule has 0 bridgehead atoms. The summed E-state index contributed by atoms with van der Waals surface area (Å²) in [6, 6.07) is 36.7. The molecule has 0 aromatic heterocycles. The molecule has 4 heteroatoms. The van der Waals surface area contributed by atoms with E-state index in [4.69, 9.17) is 0 Å². The standard InChI is InChI=1S/C30H27BrN2O/c1-2-30(28(23-17-19-24(31)20-18-23)32-25-13-7-4-8-14-25)26-15-9-10-16-27(26)33(29(30)34)21-22-11-5-3-6-12-22/h3-20,28,32H,2,21H2,1H3/t28-,30+/m0/s1. The van der Waals surface area contributed by atoms with Gasteiger partial charge in [0.1, 0.15) is 5.41 Å². The molecule has 1 heterocycles. The van der Waals surface area contributed by atoms with Crippen molar-refractivity contribution in [3.63, 3.8) is 0 Å². The van der Waals surface area contributed by atoms with Gasteiger partial charge < -0.3 is 10.2 Å². The number of para-hydroxylation sites is 2. The smallest absolute Gasteiger partial charge is 0.240 e. The Morgan fingerprint density at radius 2 is 1.44 bits per heavy atom. The molecule has 0 unspecified atom stereocenters. The van der Waals surface area contributed by atoms with Crippen molar-refractivity contribution in [1.82, 2.24) is 0 Å². The van der Waals surface area contributed by atoms with E-state index in [1.54, 1.807) is 0 Å². The highest BCUT2D eigenvalue weighted by Crippen LogP contribution is 2.52. The van der Waals surface area contributed by atoms with Gasteiger partial charge in [0.05, 0.1) is 12.6 Å². The lowest BCUT2D eigenvalue weighted by molar-refractivity contribution is -0.124. The highest BCUT2D eigenvalue weighted by molar-refractivity contribution is 9.10. The number of amides is 1. The van der Waals surface area contributed by atoms with Gasteiger partial charge in [-0.15, -0.1) is 0 Å². The van der Waals surface area contributed by atoms with Crippen LogP contribution >= 0.6 is 15.9 Å². The van der Waals surface area contributed by atoms with Gasteiger partial charge in [0, 0.05) is 15.8 Å². The van der Waals surface area contributed by atoms with Crippen LogP contribution in [-0.4, -0.2) is 5.91 Å². The predicted molar refractivity (Wildman–Crippen MR) is 143 cm³/mol. The van der Waals surface area contributed by atoms with Crippen molar-refractivity contribution in [3.8, 4) is 0 Å². The second-order valence-electron chi connectivity index (χ2n) is 8.71. The average Bonchev–Trinajstić information content (AvgIpc) is 3.12. The Morgan fingerprint density at radius 3 is 2.12 bits per heavy atom. The number of anilines is 2. The summed E-state index contributed by atoms with van der Waals surface area (Å²) in [6.45, 7) is 2.68. The van der Waals surface area contributed by atoms with Crippen LogP contribution in [0.15, 0.2) is 114 Å². The highest BCUT2D eigenvalue weighted by Gasteiger charge is 2.54. The van der Waals surface area contributed by atoms with Gasteiger partial charge in [0.25, 0.3) is 0 Å². The molecule has 0 radical (unpaired) electrons. The molecule has 0 aliphatic carbocycles. The molecule has 0 saturated carbocycles.